The van der Waals surface area contributed by atoms with Gasteiger partial charge in [0.15, 0.2) is 5.13 Å². The molecule has 3 aromatic rings. The van der Waals surface area contributed by atoms with E-state index in [-0.39, 0.29) is 5.91 Å². The van der Waals surface area contributed by atoms with Crippen LogP contribution < -0.4 is 14.4 Å². The first-order chi connectivity index (χ1) is 14.1. The maximum absolute atomic E-state index is 13.5. The van der Waals surface area contributed by atoms with Gasteiger partial charge < -0.3 is 14.4 Å². The minimum absolute atomic E-state index is 0.117. The van der Waals surface area contributed by atoms with E-state index in [0.717, 1.165) is 29.9 Å². The van der Waals surface area contributed by atoms with E-state index in [2.05, 4.69) is 18.7 Å². The zero-order valence-corrected chi connectivity index (χ0v) is 18.2. The van der Waals surface area contributed by atoms with Crippen molar-refractivity contribution in [3.63, 3.8) is 0 Å². The van der Waals surface area contributed by atoms with Crippen LogP contribution in [0.1, 0.15) is 24.2 Å². The molecule has 0 saturated carbocycles. The van der Waals surface area contributed by atoms with E-state index in [9.17, 15) is 4.79 Å². The van der Waals surface area contributed by atoms with E-state index in [1.54, 1.807) is 37.3 Å². The zero-order valence-electron chi connectivity index (χ0n) is 17.3. The van der Waals surface area contributed by atoms with E-state index in [1.807, 2.05) is 24.3 Å². The van der Waals surface area contributed by atoms with E-state index >= 15 is 0 Å². The fraction of sp³-hybridized carbons (Fsp3) is 0.364. The van der Waals surface area contributed by atoms with Gasteiger partial charge in [-0.3, -0.25) is 9.69 Å². The van der Waals surface area contributed by atoms with Gasteiger partial charge in [-0.05, 0) is 37.4 Å². The Labute approximate surface area is 175 Å². The number of amides is 1. The van der Waals surface area contributed by atoms with Crippen molar-refractivity contribution in [3.05, 3.63) is 48.0 Å². The summed E-state index contributed by atoms with van der Waals surface area (Å²) in [6.07, 6.45) is 0. The molecule has 2 aromatic carbocycles. The lowest BCUT2D eigenvalue weighted by Crippen LogP contribution is -2.38. The Kier molecular flexibility index (Phi) is 7.06. The summed E-state index contributed by atoms with van der Waals surface area (Å²) < 4.78 is 11.7. The molecular formula is C22H27N3O3S. The Hall–Kier alpha value is -2.64. The normalized spacial score (nSPS) is 11.1. The Morgan fingerprint density at radius 2 is 1.66 bits per heavy atom. The number of ether oxygens (including phenoxy) is 2. The predicted molar refractivity (Wildman–Crippen MR) is 119 cm³/mol. The number of para-hydroxylation sites is 1. The molecule has 0 bridgehead atoms. The maximum Gasteiger partial charge on any atom is 0.260 e. The first kappa shape index (κ1) is 21.1. The second kappa shape index (κ2) is 9.71. The summed E-state index contributed by atoms with van der Waals surface area (Å²) in [6.45, 7) is 7.45. The average molecular weight is 414 g/mol. The number of methoxy groups -OCH3 is 2. The minimum Gasteiger partial charge on any atom is -0.497 e. The summed E-state index contributed by atoms with van der Waals surface area (Å²) in [7, 11) is 3.16. The highest BCUT2D eigenvalue weighted by molar-refractivity contribution is 7.22. The molecule has 0 fully saturated rings. The second-order valence-electron chi connectivity index (χ2n) is 6.55. The van der Waals surface area contributed by atoms with Crippen LogP contribution in [-0.2, 0) is 0 Å². The standard InChI is InChI=1S/C22H27N3O3S/c1-5-24(6-2)11-12-25(22-23-19-9-7-8-10-20(19)29-22)21(26)16-13-17(27-3)15-18(14-16)28-4/h7-10,13-15H,5-6,11-12H2,1-4H3. The summed E-state index contributed by atoms with van der Waals surface area (Å²) >= 11 is 1.53. The molecule has 3 rings (SSSR count). The highest BCUT2D eigenvalue weighted by Gasteiger charge is 2.23. The number of anilines is 1. The molecule has 0 spiro atoms. The summed E-state index contributed by atoms with van der Waals surface area (Å²) in [5.74, 6) is 1.05. The van der Waals surface area contributed by atoms with Gasteiger partial charge in [-0.15, -0.1) is 0 Å². The van der Waals surface area contributed by atoms with Crippen molar-refractivity contribution in [2.45, 2.75) is 13.8 Å². The van der Waals surface area contributed by atoms with Crippen LogP contribution in [0.25, 0.3) is 10.2 Å². The van der Waals surface area contributed by atoms with Gasteiger partial charge in [-0.1, -0.05) is 37.3 Å². The molecule has 0 aliphatic rings. The molecule has 7 heteroatoms. The van der Waals surface area contributed by atoms with Gasteiger partial charge in [0, 0.05) is 24.7 Å². The molecule has 0 unspecified atom stereocenters. The summed E-state index contributed by atoms with van der Waals surface area (Å²) in [6, 6.07) is 13.2. The number of carbonyl (C=O) groups is 1. The number of benzene rings is 2. The molecule has 0 radical (unpaired) electrons. The number of thiazole rings is 1. The first-order valence-corrected chi connectivity index (χ1v) is 10.5. The smallest absolute Gasteiger partial charge is 0.260 e. The topological polar surface area (TPSA) is 54.9 Å². The molecule has 1 aromatic heterocycles. The lowest BCUT2D eigenvalue weighted by Gasteiger charge is -2.25. The van der Waals surface area contributed by atoms with Crippen LogP contribution in [0.5, 0.6) is 11.5 Å². The monoisotopic (exact) mass is 413 g/mol. The molecule has 0 aliphatic heterocycles. The van der Waals surface area contributed by atoms with Crippen molar-refractivity contribution < 1.29 is 14.3 Å². The van der Waals surface area contributed by atoms with E-state index < -0.39 is 0 Å². The first-order valence-electron chi connectivity index (χ1n) is 9.72. The molecule has 154 valence electrons. The number of hydrogen-bond donors (Lipinski definition) is 0. The Morgan fingerprint density at radius 1 is 1.00 bits per heavy atom. The Balaban J connectivity index is 1.98. The number of likely N-dealkylation sites (N-methyl/N-ethyl adjacent to an activating group) is 1. The average Bonchev–Trinajstić information content (AvgIpc) is 3.19. The van der Waals surface area contributed by atoms with Crippen molar-refractivity contribution in [1.82, 2.24) is 9.88 Å². The fourth-order valence-corrected chi connectivity index (χ4v) is 4.12. The molecule has 0 aliphatic carbocycles. The van der Waals surface area contributed by atoms with E-state index in [4.69, 9.17) is 14.5 Å². The molecule has 1 heterocycles. The summed E-state index contributed by atoms with van der Waals surface area (Å²) in [4.78, 5) is 22.3. The highest BCUT2D eigenvalue weighted by Crippen LogP contribution is 2.31. The van der Waals surface area contributed by atoms with Crippen molar-refractivity contribution >= 4 is 32.6 Å². The third-order valence-corrected chi connectivity index (χ3v) is 5.95. The number of aromatic nitrogens is 1. The lowest BCUT2D eigenvalue weighted by molar-refractivity contribution is 0.0983. The Bertz CT molecular complexity index is 914. The zero-order chi connectivity index (χ0) is 20.8. The molecule has 0 N–H and O–H groups in total. The van der Waals surface area contributed by atoms with Gasteiger partial charge in [-0.2, -0.15) is 0 Å². The van der Waals surface area contributed by atoms with Crippen LogP contribution in [-0.4, -0.2) is 56.2 Å². The molecule has 1 amide bonds. The van der Waals surface area contributed by atoms with Crippen molar-refractivity contribution in [2.24, 2.45) is 0 Å². The van der Waals surface area contributed by atoms with Gasteiger partial charge in [0.25, 0.3) is 5.91 Å². The number of hydrogen-bond acceptors (Lipinski definition) is 6. The molecule has 6 nitrogen and oxygen atoms in total. The summed E-state index contributed by atoms with van der Waals surface area (Å²) in [5, 5.41) is 0.699. The van der Waals surface area contributed by atoms with Gasteiger partial charge in [0.2, 0.25) is 0 Å². The van der Waals surface area contributed by atoms with Crippen LogP contribution in [0.4, 0.5) is 5.13 Å². The third-order valence-electron chi connectivity index (χ3n) is 4.89. The third kappa shape index (κ3) is 4.86. The SMILES string of the molecule is CCN(CC)CCN(C(=O)c1cc(OC)cc(OC)c1)c1nc2ccccc2s1. The van der Waals surface area contributed by atoms with Gasteiger partial charge in [0.1, 0.15) is 11.5 Å². The largest absolute Gasteiger partial charge is 0.497 e. The van der Waals surface area contributed by atoms with Gasteiger partial charge in [0.05, 0.1) is 24.4 Å². The number of carbonyl (C=O) groups excluding carboxylic acids is 1. The summed E-state index contributed by atoms with van der Waals surface area (Å²) in [5.41, 5.74) is 1.41. The van der Waals surface area contributed by atoms with Crippen LogP contribution in [0.15, 0.2) is 42.5 Å². The number of rotatable bonds is 9. The van der Waals surface area contributed by atoms with Crippen LogP contribution >= 0.6 is 11.3 Å². The minimum atomic E-state index is -0.117. The quantitative estimate of drug-likeness (QED) is 0.523. The maximum atomic E-state index is 13.5. The predicted octanol–water partition coefficient (Wildman–Crippen LogP) is 4.30. The number of nitrogens with zero attached hydrogens (tertiary/aromatic N) is 3. The van der Waals surface area contributed by atoms with Crippen LogP contribution in [0, 0.1) is 0 Å². The van der Waals surface area contributed by atoms with E-state index in [1.165, 1.54) is 11.3 Å². The molecular weight excluding hydrogens is 386 g/mol. The van der Waals surface area contributed by atoms with E-state index in [0.29, 0.717) is 28.7 Å². The highest BCUT2D eigenvalue weighted by atomic mass is 32.1. The molecule has 0 atom stereocenters. The molecule has 0 saturated heterocycles. The van der Waals surface area contributed by atoms with Crippen LogP contribution in [0.2, 0.25) is 0 Å². The Morgan fingerprint density at radius 3 is 2.24 bits per heavy atom. The fourth-order valence-electron chi connectivity index (χ4n) is 3.13. The van der Waals surface area contributed by atoms with Crippen LogP contribution in [0.3, 0.4) is 0 Å². The van der Waals surface area contributed by atoms with Crippen molar-refractivity contribution in [1.29, 1.82) is 0 Å². The molecule has 29 heavy (non-hydrogen) atoms. The van der Waals surface area contributed by atoms with Gasteiger partial charge >= 0.3 is 0 Å². The van der Waals surface area contributed by atoms with Crippen molar-refractivity contribution in [2.75, 3.05) is 45.3 Å². The van der Waals surface area contributed by atoms with Gasteiger partial charge in [-0.25, -0.2) is 4.98 Å². The second-order valence-corrected chi connectivity index (χ2v) is 7.56. The lowest BCUT2D eigenvalue weighted by atomic mass is 10.1. The number of fused-ring (bicyclic) bond motifs is 1. The van der Waals surface area contributed by atoms with Crippen molar-refractivity contribution in [3.8, 4) is 11.5 Å².